The zero-order valence-electron chi connectivity index (χ0n) is 9.14. The van der Waals surface area contributed by atoms with E-state index in [4.69, 9.17) is 5.73 Å². The Balaban J connectivity index is 2.27. The van der Waals surface area contributed by atoms with Gasteiger partial charge in [-0.15, -0.1) is 0 Å². The molecule has 0 saturated heterocycles. The summed E-state index contributed by atoms with van der Waals surface area (Å²) >= 11 is 0. The molecule has 17 heavy (non-hydrogen) atoms. The van der Waals surface area contributed by atoms with Gasteiger partial charge in [0.05, 0.1) is 0 Å². The molecule has 0 aliphatic heterocycles. The topological polar surface area (TPSA) is 76.0 Å². The van der Waals surface area contributed by atoms with Crippen molar-refractivity contribution in [3.8, 4) is 0 Å². The largest absolute Gasteiger partial charge is 0.365 e. The van der Waals surface area contributed by atoms with Crippen molar-refractivity contribution in [1.29, 1.82) is 0 Å². The molecule has 0 spiro atoms. The van der Waals surface area contributed by atoms with E-state index in [1.54, 1.807) is 0 Å². The molecule has 0 unspecified atom stereocenters. The van der Waals surface area contributed by atoms with Gasteiger partial charge in [0.15, 0.2) is 5.43 Å². The van der Waals surface area contributed by atoms with E-state index in [2.05, 4.69) is 4.98 Å². The number of hydrogen-bond donors (Lipinski definition) is 2. The molecule has 0 saturated carbocycles. The number of aromatic amines is 1. The Morgan fingerprint density at radius 1 is 1.24 bits per heavy atom. The second kappa shape index (κ2) is 4.65. The number of H-pyrrole nitrogens is 1. The molecule has 2 rings (SSSR count). The number of pyridine rings is 1. The molecule has 86 valence electrons. The lowest BCUT2D eigenvalue weighted by atomic mass is 10.1. The molecule has 4 nitrogen and oxygen atoms in total. The summed E-state index contributed by atoms with van der Waals surface area (Å²) in [7, 11) is 0. The highest BCUT2D eigenvalue weighted by molar-refractivity contribution is 5.92. The second-order valence-corrected chi connectivity index (χ2v) is 3.76. The molecule has 4 heteroatoms. The van der Waals surface area contributed by atoms with Gasteiger partial charge in [0, 0.05) is 24.4 Å². The number of aromatic nitrogens is 1. The molecule has 1 aromatic carbocycles. The Morgan fingerprint density at radius 3 is 2.53 bits per heavy atom. The maximum Gasteiger partial charge on any atom is 0.254 e. The molecule has 3 N–H and O–H groups in total. The van der Waals surface area contributed by atoms with E-state index in [9.17, 15) is 9.59 Å². The van der Waals surface area contributed by atoms with Gasteiger partial charge in [-0.05, 0) is 5.56 Å². The fourth-order valence-corrected chi connectivity index (χ4v) is 1.62. The van der Waals surface area contributed by atoms with Crippen LogP contribution in [0.1, 0.15) is 21.6 Å². The third-order valence-corrected chi connectivity index (χ3v) is 2.48. The minimum atomic E-state index is -0.711. The smallest absolute Gasteiger partial charge is 0.254 e. The van der Waals surface area contributed by atoms with Crippen LogP contribution >= 0.6 is 0 Å². The van der Waals surface area contributed by atoms with E-state index in [-0.39, 0.29) is 11.0 Å². The Morgan fingerprint density at radius 2 is 1.94 bits per heavy atom. The van der Waals surface area contributed by atoms with E-state index in [1.165, 1.54) is 12.3 Å². The molecule has 0 atom stereocenters. The van der Waals surface area contributed by atoms with Crippen LogP contribution in [0, 0.1) is 0 Å². The van der Waals surface area contributed by atoms with Crippen molar-refractivity contribution in [3.63, 3.8) is 0 Å². The van der Waals surface area contributed by atoms with Crippen molar-refractivity contribution in [3.05, 3.63) is 69.6 Å². The predicted octanol–water partition coefficient (Wildman–Crippen LogP) is 1.06. The first-order chi connectivity index (χ1) is 8.16. The second-order valence-electron chi connectivity index (χ2n) is 3.76. The zero-order chi connectivity index (χ0) is 12.3. The fourth-order valence-electron chi connectivity index (χ4n) is 1.62. The number of amides is 1. The van der Waals surface area contributed by atoms with Crippen molar-refractivity contribution >= 4 is 5.91 Å². The summed E-state index contributed by atoms with van der Waals surface area (Å²) in [6.07, 6.45) is 1.98. The number of rotatable bonds is 3. The van der Waals surface area contributed by atoms with Gasteiger partial charge in [0.1, 0.15) is 5.56 Å². The lowest BCUT2D eigenvalue weighted by Crippen LogP contribution is -2.22. The number of primary amides is 1. The molecule has 0 aliphatic carbocycles. The van der Waals surface area contributed by atoms with Crippen LogP contribution < -0.4 is 11.2 Å². The van der Waals surface area contributed by atoms with Crippen molar-refractivity contribution in [2.45, 2.75) is 6.42 Å². The van der Waals surface area contributed by atoms with Crippen LogP contribution in [0.3, 0.4) is 0 Å². The standard InChI is InChI=1S/C13H12N2O2/c14-13(17)11-8-15-10(7-12(11)16)6-9-4-2-1-3-5-9/h1-5,7-8H,6H2,(H2,14,17)(H,15,16). The summed E-state index contributed by atoms with van der Waals surface area (Å²) < 4.78 is 0. The van der Waals surface area contributed by atoms with Crippen LogP contribution in [0.2, 0.25) is 0 Å². The Kier molecular flexibility index (Phi) is 3.05. The molecule has 0 aliphatic rings. The Bertz CT molecular complexity index is 588. The lowest BCUT2D eigenvalue weighted by Gasteiger charge is -2.02. The van der Waals surface area contributed by atoms with E-state index in [0.717, 1.165) is 11.3 Å². The van der Waals surface area contributed by atoms with Crippen molar-refractivity contribution in [2.24, 2.45) is 5.73 Å². The third-order valence-electron chi connectivity index (χ3n) is 2.48. The summed E-state index contributed by atoms with van der Waals surface area (Å²) in [5.74, 6) is -0.711. The van der Waals surface area contributed by atoms with Crippen molar-refractivity contribution in [1.82, 2.24) is 4.98 Å². The summed E-state index contributed by atoms with van der Waals surface area (Å²) in [6.45, 7) is 0. The predicted molar refractivity (Wildman–Crippen MR) is 64.8 cm³/mol. The number of carbonyl (C=O) groups excluding carboxylic acids is 1. The van der Waals surface area contributed by atoms with Crippen molar-refractivity contribution in [2.75, 3.05) is 0 Å². The summed E-state index contributed by atoms with van der Waals surface area (Å²) in [4.78, 5) is 25.4. The molecule has 2 aromatic rings. The Hall–Kier alpha value is -2.36. The maximum atomic E-state index is 11.6. The molecule has 1 heterocycles. The number of carbonyl (C=O) groups is 1. The molecule has 0 bridgehead atoms. The average Bonchev–Trinajstić information content (AvgIpc) is 2.30. The van der Waals surface area contributed by atoms with Crippen LogP contribution in [0.4, 0.5) is 0 Å². The zero-order valence-corrected chi connectivity index (χ0v) is 9.14. The van der Waals surface area contributed by atoms with Gasteiger partial charge >= 0.3 is 0 Å². The van der Waals surface area contributed by atoms with Crippen LogP contribution in [-0.2, 0) is 6.42 Å². The van der Waals surface area contributed by atoms with Gasteiger partial charge in [0.2, 0.25) is 0 Å². The van der Waals surface area contributed by atoms with Crippen LogP contribution in [0.25, 0.3) is 0 Å². The van der Waals surface area contributed by atoms with Gasteiger partial charge in [-0.25, -0.2) is 0 Å². The summed E-state index contributed by atoms with van der Waals surface area (Å²) in [5, 5.41) is 0. The van der Waals surface area contributed by atoms with Gasteiger partial charge in [-0.3, -0.25) is 9.59 Å². The average molecular weight is 228 g/mol. The first kappa shape index (κ1) is 11.1. The van der Waals surface area contributed by atoms with Crippen LogP contribution in [-0.4, -0.2) is 10.9 Å². The normalized spacial score (nSPS) is 10.1. The molecular weight excluding hydrogens is 216 g/mol. The van der Waals surface area contributed by atoms with Gasteiger partial charge in [0.25, 0.3) is 5.91 Å². The number of hydrogen-bond acceptors (Lipinski definition) is 2. The van der Waals surface area contributed by atoms with E-state index in [1.807, 2.05) is 30.3 Å². The molecule has 0 radical (unpaired) electrons. The lowest BCUT2D eigenvalue weighted by molar-refractivity contribution is 0.0999. The van der Waals surface area contributed by atoms with Gasteiger partial charge < -0.3 is 10.7 Å². The molecule has 0 fully saturated rings. The quantitative estimate of drug-likeness (QED) is 0.824. The minimum Gasteiger partial charge on any atom is -0.365 e. The van der Waals surface area contributed by atoms with E-state index < -0.39 is 5.91 Å². The van der Waals surface area contributed by atoms with Gasteiger partial charge in [-0.2, -0.15) is 0 Å². The van der Waals surface area contributed by atoms with Crippen molar-refractivity contribution < 1.29 is 4.79 Å². The molecule has 1 amide bonds. The molecular formula is C13H12N2O2. The highest BCUT2D eigenvalue weighted by Crippen LogP contribution is 2.05. The summed E-state index contributed by atoms with van der Waals surface area (Å²) in [5.41, 5.74) is 6.55. The first-order valence-electron chi connectivity index (χ1n) is 5.22. The maximum absolute atomic E-state index is 11.6. The number of nitrogens with two attached hydrogens (primary N) is 1. The molecule has 1 aromatic heterocycles. The highest BCUT2D eigenvalue weighted by atomic mass is 16.2. The number of nitrogens with one attached hydrogen (secondary N) is 1. The SMILES string of the molecule is NC(=O)c1c[nH]c(Cc2ccccc2)cc1=O. The van der Waals surface area contributed by atoms with Crippen LogP contribution in [0.15, 0.2) is 47.4 Å². The summed E-state index contributed by atoms with van der Waals surface area (Å²) in [6, 6.07) is 11.2. The van der Waals surface area contributed by atoms with Crippen LogP contribution in [0.5, 0.6) is 0 Å². The van der Waals surface area contributed by atoms with E-state index in [0.29, 0.717) is 6.42 Å². The Labute approximate surface area is 98.1 Å². The van der Waals surface area contributed by atoms with Gasteiger partial charge in [-0.1, -0.05) is 30.3 Å². The third kappa shape index (κ3) is 2.60. The minimum absolute atomic E-state index is 0.0122. The van der Waals surface area contributed by atoms with E-state index >= 15 is 0 Å². The monoisotopic (exact) mass is 228 g/mol. The number of benzene rings is 1. The fraction of sp³-hybridized carbons (Fsp3) is 0.0769. The highest BCUT2D eigenvalue weighted by Gasteiger charge is 2.06. The first-order valence-corrected chi connectivity index (χ1v) is 5.22.